The molecular weight excluding hydrogens is 362 g/mol. The van der Waals surface area contributed by atoms with Gasteiger partial charge in [-0.05, 0) is 25.1 Å². The number of hydrogen-bond donors (Lipinski definition) is 1. The molecule has 5 nitrogen and oxygen atoms in total. The molecular formula is C12H10ClF4N3O2S. The third-order valence-corrected chi connectivity index (χ3v) is 4.73. The molecule has 1 heterocycles. The first-order chi connectivity index (χ1) is 10.4. The number of aryl methyl sites for hydroxylation is 2. The lowest BCUT2D eigenvalue weighted by Crippen LogP contribution is -2.16. The molecule has 0 bridgehead atoms. The van der Waals surface area contributed by atoms with E-state index in [0.29, 0.717) is 10.7 Å². The number of alkyl halides is 3. The van der Waals surface area contributed by atoms with Gasteiger partial charge in [-0.15, -0.1) is 0 Å². The van der Waals surface area contributed by atoms with E-state index >= 15 is 0 Å². The van der Waals surface area contributed by atoms with Gasteiger partial charge in [0.05, 0.1) is 16.3 Å². The normalized spacial score (nSPS) is 12.5. The van der Waals surface area contributed by atoms with Crippen molar-refractivity contribution in [3.8, 4) is 0 Å². The SMILES string of the molecule is Cc1nn(C)c(F)c1S(=O)(=O)Nc1ccc(Cl)c(C(F)(F)F)c1. The van der Waals surface area contributed by atoms with Crippen LogP contribution in [0.1, 0.15) is 11.3 Å². The van der Waals surface area contributed by atoms with Gasteiger partial charge in [-0.2, -0.15) is 22.7 Å². The Morgan fingerprint density at radius 1 is 1.30 bits per heavy atom. The maximum absolute atomic E-state index is 13.8. The number of rotatable bonds is 3. The molecule has 0 amide bonds. The summed E-state index contributed by atoms with van der Waals surface area (Å²) in [5, 5.41) is 3.03. The number of anilines is 1. The highest BCUT2D eigenvalue weighted by atomic mass is 35.5. The zero-order chi connectivity index (χ0) is 17.6. The van der Waals surface area contributed by atoms with Gasteiger partial charge in [0.25, 0.3) is 10.0 Å². The third kappa shape index (κ3) is 3.42. The van der Waals surface area contributed by atoms with E-state index in [9.17, 15) is 26.0 Å². The maximum Gasteiger partial charge on any atom is 0.417 e. The second kappa shape index (κ2) is 5.68. The summed E-state index contributed by atoms with van der Waals surface area (Å²) in [6.07, 6.45) is -4.76. The molecule has 1 aromatic heterocycles. The highest BCUT2D eigenvalue weighted by Crippen LogP contribution is 2.36. The second-order valence-electron chi connectivity index (χ2n) is 4.63. The smallest absolute Gasteiger partial charge is 0.279 e. The summed E-state index contributed by atoms with van der Waals surface area (Å²) < 4.78 is 79.1. The molecule has 0 unspecified atom stereocenters. The fourth-order valence-corrected chi connectivity index (χ4v) is 3.48. The Morgan fingerprint density at radius 2 is 1.91 bits per heavy atom. The van der Waals surface area contributed by atoms with Crippen molar-refractivity contribution in [1.29, 1.82) is 0 Å². The summed E-state index contributed by atoms with van der Waals surface area (Å²) >= 11 is 5.45. The molecule has 1 aromatic carbocycles. The monoisotopic (exact) mass is 371 g/mol. The fourth-order valence-electron chi connectivity index (χ4n) is 1.93. The standard InChI is InChI=1S/C12H10ClF4N3O2S/c1-6-10(11(14)20(2)18-6)23(21,22)19-7-3-4-9(13)8(5-7)12(15,16)17/h3-5,19H,1-2H3. The van der Waals surface area contributed by atoms with Crippen LogP contribution in [0.2, 0.25) is 5.02 Å². The molecule has 0 fully saturated rings. The van der Waals surface area contributed by atoms with Crippen LogP contribution in [0.5, 0.6) is 0 Å². The molecule has 0 aliphatic carbocycles. The lowest BCUT2D eigenvalue weighted by Gasteiger charge is -2.12. The number of aromatic nitrogens is 2. The van der Waals surface area contributed by atoms with Gasteiger partial charge in [0.15, 0.2) is 4.90 Å². The zero-order valence-electron chi connectivity index (χ0n) is 11.7. The number of hydrogen-bond acceptors (Lipinski definition) is 3. The maximum atomic E-state index is 13.8. The highest BCUT2D eigenvalue weighted by molar-refractivity contribution is 7.92. The molecule has 11 heteroatoms. The average molecular weight is 372 g/mol. The predicted octanol–water partition coefficient (Wildman–Crippen LogP) is 3.34. The first-order valence-corrected chi connectivity index (χ1v) is 7.88. The molecule has 0 aliphatic rings. The van der Waals surface area contributed by atoms with E-state index in [1.54, 1.807) is 0 Å². The number of sulfonamides is 1. The van der Waals surface area contributed by atoms with Gasteiger partial charge >= 0.3 is 6.18 Å². The van der Waals surface area contributed by atoms with E-state index in [4.69, 9.17) is 11.6 Å². The molecule has 0 atom stereocenters. The van der Waals surface area contributed by atoms with Crippen molar-refractivity contribution in [1.82, 2.24) is 9.78 Å². The van der Waals surface area contributed by atoms with Crippen molar-refractivity contribution in [3.05, 3.63) is 40.4 Å². The van der Waals surface area contributed by atoms with Crippen LogP contribution in [-0.2, 0) is 23.2 Å². The summed E-state index contributed by atoms with van der Waals surface area (Å²) in [6.45, 7) is 1.26. The Hall–Kier alpha value is -1.81. The van der Waals surface area contributed by atoms with E-state index in [-0.39, 0.29) is 5.69 Å². The zero-order valence-corrected chi connectivity index (χ0v) is 13.3. The van der Waals surface area contributed by atoms with Gasteiger partial charge in [0, 0.05) is 12.7 Å². The number of nitrogens with one attached hydrogen (secondary N) is 1. The Bertz CT molecular complexity index is 862. The van der Waals surface area contributed by atoms with E-state index in [2.05, 4.69) is 5.10 Å². The molecule has 0 aliphatic heterocycles. The Balaban J connectivity index is 2.46. The quantitative estimate of drug-likeness (QED) is 0.842. The highest BCUT2D eigenvalue weighted by Gasteiger charge is 2.34. The van der Waals surface area contributed by atoms with Gasteiger partial charge in [0.1, 0.15) is 0 Å². The molecule has 0 saturated heterocycles. The van der Waals surface area contributed by atoms with Gasteiger partial charge in [-0.25, -0.2) is 13.1 Å². The second-order valence-corrected chi connectivity index (χ2v) is 6.65. The van der Waals surface area contributed by atoms with Gasteiger partial charge in [-0.1, -0.05) is 11.6 Å². The van der Waals surface area contributed by atoms with Crippen molar-refractivity contribution >= 4 is 27.3 Å². The predicted molar refractivity (Wildman–Crippen MR) is 75.2 cm³/mol. The minimum atomic E-state index is -4.76. The van der Waals surface area contributed by atoms with E-state index in [0.717, 1.165) is 12.1 Å². The van der Waals surface area contributed by atoms with Crippen molar-refractivity contribution in [2.45, 2.75) is 18.0 Å². The van der Waals surface area contributed by atoms with Crippen LogP contribution in [-0.4, -0.2) is 18.2 Å². The van der Waals surface area contributed by atoms with Crippen molar-refractivity contribution < 1.29 is 26.0 Å². The van der Waals surface area contributed by atoms with Crippen LogP contribution >= 0.6 is 11.6 Å². The topological polar surface area (TPSA) is 64.0 Å². The number of halogens is 5. The largest absolute Gasteiger partial charge is 0.417 e. The van der Waals surface area contributed by atoms with Gasteiger partial charge in [0.2, 0.25) is 5.95 Å². The molecule has 2 aromatic rings. The molecule has 2 rings (SSSR count). The third-order valence-electron chi connectivity index (χ3n) is 2.89. The molecule has 0 spiro atoms. The van der Waals surface area contributed by atoms with Crippen molar-refractivity contribution in [2.75, 3.05) is 4.72 Å². The summed E-state index contributed by atoms with van der Waals surface area (Å²) in [5.41, 5.74) is -1.73. The first-order valence-electron chi connectivity index (χ1n) is 6.02. The Labute approximate surface area is 133 Å². The van der Waals surface area contributed by atoms with Crippen LogP contribution in [0.4, 0.5) is 23.2 Å². The average Bonchev–Trinajstić information content (AvgIpc) is 2.64. The van der Waals surface area contributed by atoms with Gasteiger partial charge < -0.3 is 0 Å². The van der Waals surface area contributed by atoms with Crippen LogP contribution in [0.15, 0.2) is 23.1 Å². The first kappa shape index (κ1) is 17.5. The molecule has 126 valence electrons. The Kier molecular flexibility index (Phi) is 4.33. The summed E-state index contributed by atoms with van der Waals surface area (Å²) in [4.78, 5) is -0.733. The lowest BCUT2D eigenvalue weighted by atomic mass is 10.2. The molecule has 23 heavy (non-hydrogen) atoms. The fraction of sp³-hybridized carbons (Fsp3) is 0.250. The van der Waals surface area contributed by atoms with E-state index < -0.39 is 43.3 Å². The summed E-state index contributed by atoms with van der Waals surface area (Å²) in [6, 6.07) is 2.47. The minimum absolute atomic E-state index is 0.123. The van der Waals surface area contributed by atoms with Crippen LogP contribution < -0.4 is 4.72 Å². The van der Waals surface area contributed by atoms with Crippen LogP contribution in [0, 0.1) is 12.9 Å². The van der Waals surface area contributed by atoms with E-state index in [1.165, 1.54) is 14.0 Å². The van der Waals surface area contributed by atoms with Crippen LogP contribution in [0.3, 0.4) is 0 Å². The van der Waals surface area contributed by atoms with Crippen molar-refractivity contribution in [2.24, 2.45) is 7.05 Å². The van der Waals surface area contributed by atoms with E-state index in [1.807, 2.05) is 4.72 Å². The van der Waals surface area contributed by atoms with Crippen LogP contribution in [0.25, 0.3) is 0 Å². The molecule has 0 radical (unpaired) electrons. The number of benzene rings is 1. The summed E-state index contributed by atoms with van der Waals surface area (Å²) in [7, 11) is -3.25. The summed E-state index contributed by atoms with van der Waals surface area (Å²) in [5.74, 6) is -1.12. The van der Waals surface area contributed by atoms with Crippen molar-refractivity contribution in [3.63, 3.8) is 0 Å². The minimum Gasteiger partial charge on any atom is -0.279 e. The Morgan fingerprint density at radius 3 is 2.39 bits per heavy atom. The number of nitrogens with zero attached hydrogens (tertiary/aromatic N) is 2. The molecule has 0 saturated carbocycles. The van der Waals surface area contributed by atoms with Gasteiger partial charge in [-0.3, -0.25) is 4.72 Å². The molecule has 1 N–H and O–H groups in total. The lowest BCUT2D eigenvalue weighted by molar-refractivity contribution is -0.137.